The molecule has 2 saturated carbocycles. The van der Waals surface area contributed by atoms with Gasteiger partial charge in [0.05, 0.1) is 54.6 Å². The van der Waals surface area contributed by atoms with Crippen molar-refractivity contribution in [1.29, 1.82) is 0 Å². The molecule has 0 spiro atoms. The first kappa shape index (κ1) is 45.4. The number of allylic oxidation sites excluding steroid dienone is 1. The molecule has 62 heavy (non-hydrogen) atoms. The number of carbonyl (C=O) groups excluding carboxylic acids is 3. The number of hydrogen-bond donors (Lipinski definition) is 2. The zero-order valence-corrected chi connectivity index (χ0v) is 38.7. The van der Waals surface area contributed by atoms with Gasteiger partial charge in [0.1, 0.15) is 29.4 Å². The molecule has 332 valence electrons. The maximum absolute atomic E-state index is 15.0. The minimum absolute atomic E-state index is 0.0615. The molecular weight excluding hydrogens is 824 g/mol. The number of aryl methyl sites for hydroxylation is 1. The second-order valence-electron chi connectivity index (χ2n) is 18.9. The van der Waals surface area contributed by atoms with Crippen molar-refractivity contribution in [2.75, 3.05) is 19.0 Å². The number of esters is 1. The Morgan fingerprint density at radius 1 is 1.06 bits per heavy atom. The highest BCUT2D eigenvalue weighted by Crippen LogP contribution is 2.74. The molecule has 14 heteroatoms. The Kier molecular flexibility index (Phi) is 13.4. The van der Waals surface area contributed by atoms with Gasteiger partial charge in [-0.05, 0) is 81.9 Å². The summed E-state index contributed by atoms with van der Waals surface area (Å²) in [5.74, 6) is -1.11. The van der Waals surface area contributed by atoms with E-state index in [0.29, 0.717) is 40.2 Å². The number of aromatic nitrogens is 2. The van der Waals surface area contributed by atoms with Crippen LogP contribution in [0.5, 0.6) is 11.5 Å². The molecular formula is C48H61N4O8PS. The van der Waals surface area contributed by atoms with Crippen molar-refractivity contribution < 1.29 is 38.1 Å². The predicted molar refractivity (Wildman–Crippen MR) is 244 cm³/mol. The zero-order valence-electron chi connectivity index (χ0n) is 37.0. The first-order chi connectivity index (χ1) is 29.4. The van der Waals surface area contributed by atoms with Gasteiger partial charge in [-0.2, -0.15) is 0 Å². The number of Topliss-reactive ketones (excluding diaryl/α,β-unsaturated/α-hetero) is 1. The number of rotatable bonds is 17. The van der Waals surface area contributed by atoms with E-state index in [1.165, 1.54) is 11.3 Å². The fourth-order valence-corrected chi connectivity index (χ4v) is 12.5. The van der Waals surface area contributed by atoms with E-state index in [9.17, 15) is 23.8 Å². The number of anilines is 1. The van der Waals surface area contributed by atoms with Crippen LogP contribution in [0.4, 0.5) is 5.13 Å². The van der Waals surface area contributed by atoms with Gasteiger partial charge in [0.2, 0.25) is 13.3 Å². The highest BCUT2D eigenvalue weighted by atomic mass is 32.1. The number of likely N-dealkylation sites (tertiary alicyclic amines) is 1. The van der Waals surface area contributed by atoms with Gasteiger partial charge < -0.3 is 29.3 Å². The Morgan fingerprint density at radius 3 is 2.44 bits per heavy atom. The maximum Gasteiger partial charge on any atom is 0.306 e. The summed E-state index contributed by atoms with van der Waals surface area (Å²) in [5, 5.41) is 5.54. The smallest absolute Gasteiger partial charge is 0.306 e. The fraction of sp³-hybridized carbons (Fsp3) is 0.521. The van der Waals surface area contributed by atoms with Gasteiger partial charge in [0.15, 0.2) is 10.9 Å². The van der Waals surface area contributed by atoms with Gasteiger partial charge in [0.25, 0.3) is 0 Å². The summed E-state index contributed by atoms with van der Waals surface area (Å²) in [6.45, 7) is 15.8. The van der Waals surface area contributed by atoms with E-state index >= 15 is 0 Å². The highest BCUT2D eigenvalue weighted by Gasteiger charge is 2.65. The van der Waals surface area contributed by atoms with Gasteiger partial charge >= 0.3 is 5.97 Å². The summed E-state index contributed by atoms with van der Waals surface area (Å²) < 4.78 is 32.7. The lowest BCUT2D eigenvalue weighted by Crippen LogP contribution is -2.48. The summed E-state index contributed by atoms with van der Waals surface area (Å²) in [6, 6.07) is 14.1. The zero-order chi connectivity index (χ0) is 44.6. The van der Waals surface area contributed by atoms with E-state index in [1.807, 2.05) is 95.5 Å². The lowest BCUT2D eigenvalue weighted by Gasteiger charge is -2.35. The van der Waals surface area contributed by atoms with Crippen LogP contribution < -0.4 is 14.8 Å². The molecule has 2 aromatic carbocycles. The van der Waals surface area contributed by atoms with Gasteiger partial charge in [-0.3, -0.25) is 18.9 Å². The Hall–Kier alpha value is -4.58. The Labute approximate surface area is 369 Å². The highest BCUT2D eigenvalue weighted by molar-refractivity contribution is 7.59. The van der Waals surface area contributed by atoms with E-state index in [1.54, 1.807) is 18.1 Å². The quantitative estimate of drug-likeness (QED) is 0.0591. The summed E-state index contributed by atoms with van der Waals surface area (Å²) in [5.41, 5.74) is 2.96. The van der Waals surface area contributed by atoms with Crippen molar-refractivity contribution in [2.45, 2.75) is 129 Å². The van der Waals surface area contributed by atoms with E-state index in [-0.39, 0.29) is 61.7 Å². The molecule has 3 aliphatic rings. The molecule has 0 radical (unpaired) electrons. The maximum atomic E-state index is 15.0. The minimum Gasteiger partial charge on any atom is -0.497 e. The lowest BCUT2D eigenvalue weighted by atomic mass is 9.77. The average Bonchev–Trinajstić information content (AvgIpc) is 3.61. The number of ketones is 1. The number of pyridine rings is 1. The molecule has 3 fully saturated rings. The number of carbonyl (C=O) groups is 3. The van der Waals surface area contributed by atoms with Crippen molar-refractivity contribution in [3.05, 3.63) is 77.7 Å². The van der Waals surface area contributed by atoms with Crippen LogP contribution in [-0.2, 0) is 29.8 Å². The van der Waals surface area contributed by atoms with Crippen molar-refractivity contribution in [2.24, 2.45) is 17.3 Å². The summed E-state index contributed by atoms with van der Waals surface area (Å²) in [6.07, 6.45) is 4.58. The average molecular weight is 885 g/mol. The third kappa shape index (κ3) is 9.95. The van der Waals surface area contributed by atoms with E-state index in [4.69, 9.17) is 24.2 Å². The van der Waals surface area contributed by atoms with Crippen LogP contribution in [0.25, 0.3) is 22.3 Å². The SMILES string of the molecule is C=C[C@@H]1C[C@]1(CC(=O)[C@@H]1C[C@@H](Oc2cc(-c3csc(NC(C)C)n3)nc3cc(OC)ccc23)CN1C(=O)[C@@H](CC(=O)OC1CCCC1)C(C)(C)C)P(=O)(O)Cc1ccc(C)cc1. The van der Waals surface area contributed by atoms with Crippen molar-refractivity contribution in [1.82, 2.24) is 14.9 Å². The summed E-state index contributed by atoms with van der Waals surface area (Å²) >= 11 is 1.48. The third-order valence-electron chi connectivity index (χ3n) is 12.8. The molecule has 0 bridgehead atoms. The van der Waals surface area contributed by atoms with Crippen LogP contribution in [0.2, 0.25) is 0 Å². The molecule has 2 N–H and O–H groups in total. The fourth-order valence-electron chi connectivity index (χ4n) is 9.09. The van der Waals surface area contributed by atoms with Crippen LogP contribution >= 0.6 is 18.7 Å². The second-order valence-corrected chi connectivity index (χ2v) is 22.3. The van der Waals surface area contributed by atoms with E-state index < -0.39 is 42.0 Å². The number of benzene rings is 2. The normalized spacial score (nSPS) is 22.9. The van der Waals surface area contributed by atoms with Gasteiger partial charge in [-0.1, -0.05) is 56.7 Å². The van der Waals surface area contributed by atoms with Crippen LogP contribution in [0.3, 0.4) is 0 Å². The molecule has 4 aromatic rings. The second kappa shape index (κ2) is 18.3. The van der Waals surface area contributed by atoms with Crippen molar-refractivity contribution >= 4 is 52.4 Å². The molecule has 6 atom stereocenters. The predicted octanol–water partition coefficient (Wildman–Crippen LogP) is 9.76. The number of ether oxygens (including phenoxy) is 3. The van der Waals surface area contributed by atoms with Crippen LogP contribution in [0.15, 0.2) is 66.6 Å². The number of fused-ring (bicyclic) bond motifs is 1. The summed E-state index contributed by atoms with van der Waals surface area (Å²) in [7, 11) is -2.38. The topological polar surface area (TPSA) is 157 Å². The molecule has 12 nitrogen and oxygen atoms in total. The molecule has 2 aliphatic carbocycles. The van der Waals surface area contributed by atoms with Crippen molar-refractivity contribution in [3.8, 4) is 22.9 Å². The third-order valence-corrected chi connectivity index (χ3v) is 16.4. The number of thiazole rings is 1. The summed E-state index contributed by atoms with van der Waals surface area (Å²) in [4.78, 5) is 66.5. The molecule has 1 saturated heterocycles. The first-order valence-corrected chi connectivity index (χ1v) is 24.5. The minimum atomic E-state index is -3.97. The Morgan fingerprint density at radius 2 is 1.79 bits per heavy atom. The molecule has 1 aliphatic heterocycles. The number of hydrogen-bond acceptors (Lipinski definition) is 11. The van der Waals surface area contributed by atoms with E-state index in [2.05, 4.69) is 11.9 Å². The molecule has 3 heterocycles. The van der Waals surface area contributed by atoms with Crippen LogP contribution in [0.1, 0.15) is 97.1 Å². The number of methoxy groups -OCH3 is 1. The van der Waals surface area contributed by atoms with Crippen molar-refractivity contribution in [3.63, 3.8) is 0 Å². The first-order valence-electron chi connectivity index (χ1n) is 21.8. The van der Waals surface area contributed by atoms with Crippen LogP contribution in [0, 0.1) is 24.2 Å². The van der Waals surface area contributed by atoms with Gasteiger partial charge in [-0.25, -0.2) is 9.97 Å². The molecule has 1 unspecified atom stereocenters. The molecule has 7 rings (SSSR count). The van der Waals surface area contributed by atoms with Crippen LogP contribution in [-0.4, -0.2) is 80.5 Å². The molecule has 1 amide bonds. The molecule has 2 aromatic heterocycles. The van der Waals surface area contributed by atoms with Gasteiger partial charge in [-0.15, -0.1) is 17.9 Å². The van der Waals surface area contributed by atoms with Gasteiger partial charge in [0, 0.05) is 41.8 Å². The monoisotopic (exact) mass is 884 g/mol. The number of amides is 1. The number of nitrogens with one attached hydrogen (secondary N) is 1. The number of nitrogens with zero attached hydrogens (tertiary/aromatic N) is 3. The lowest BCUT2D eigenvalue weighted by molar-refractivity contribution is -0.156. The standard InChI is InChI=1S/C48H61N4O8PS/c1-9-32-24-48(32,61(56,57)27-31-16-14-30(4)15-17-31)25-42(53)41-21-35(26-52(41)45(55)37(47(5,6)7)22-44(54)60-33-12-10-11-13-33)59-43-23-39(40-28-62-46(51-40)49-29(2)3)50-38-20-34(58-8)18-19-36(38)43/h9,14-20,23,28-29,32-33,35,37,41H,1,10-13,21-22,24-27H2,2-8H3,(H,49,51)(H,56,57)/t32-,35-,37-,41+,48-/m1/s1. The Bertz CT molecular complexity index is 2350. The Balaban J connectivity index is 1.22. The largest absolute Gasteiger partial charge is 0.497 e. The van der Waals surface area contributed by atoms with E-state index in [0.717, 1.165) is 41.9 Å².